The summed E-state index contributed by atoms with van der Waals surface area (Å²) in [6.45, 7) is -0.301. The molecule has 8 aromatic carbocycles. The number of benzene rings is 8. The van der Waals surface area contributed by atoms with Gasteiger partial charge in [-0.2, -0.15) is 26.2 Å². The summed E-state index contributed by atoms with van der Waals surface area (Å²) < 4.78 is 67.2. The standard InChI is InChI=1S/2C18H15S.2C11H12F2O5S.B.ClH.Na/c2*1-4-10-16(11-5-1)19(17-12-6-2-7-13-17)18-14-8-3-9-15-18;2*12-11(13,19-18-17-15)10(14)16-8-4-7-9-5-2-1-3-6-9;;;/h2*1-15H;2*1-3,5-6,15H,4,7-8H2;;1H;/q2*+1;;;;;+1/p-3. The molecule has 10 nitrogen and oxygen atoms in total. The van der Waals surface area contributed by atoms with Crippen molar-refractivity contribution < 1.29 is 108 Å². The molecule has 0 aliphatic carbocycles. The van der Waals surface area contributed by atoms with E-state index in [4.69, 9.17) is 0 Å². The summed E-state index contributed by atoms with van der Waals surface area (Å²) in [6, 6.07) is 83.0. The molecule has 0 aromatic heterocycles. The van der Waals surface area contributed by atoms with Gasteiger partial charge in [0, 0.05) is 8.41 Å². The van der Waals surface area contributed by atoms with Gasteiger partial charge in [-0.1, -0.05) is 170 Å². The summed E-state index contributed by atoms with van der Waals surface area (Å²) in [7, 11) is -0.0293. The van der Waals surface area contributed by atoms with Crippen LogP contribution in [-0.2, 0) is 72.4 Å². The zero-order valence-electron chi connectivity index (χ0n) is 42.5. The Bertz CT molecular complexity index is 2430. The van der Waals surface area contributed by atoms with Crippen LogP contribution in [0.25, 0.3) is 0 Å². The minimum atomic E-state index is -3.98. The molecule has 0 aliphatic heterocycles. The minimum absolute atomic E-state index is 0. The normalized spacial score (nSPS) is 10.5. The fourth-order valence-corrected chi connectivity index (χ4v) is 11.4. The molecular formula is C58H52BClF4NaO10S4. The first-order valence-corrected chi connectivity index (χ1v) is 27.2. The smallest absolute Gasteiger partial charge is 1.00 e. The Morgan fingerprint density at radius 2 is 0.595 bits per heavy atom. The topological polar surface area (TPSA) is 136 Å². The quantitative estimate of drug-likeness (QED) is 0.0108. The minimum Gasteiger partial charge on any atom is -1.00 e. The Hall–Kier alpha value is -5.07. The first-order valence-electron chi connectivity index (χ1n) is 23.3. The summed E-state index contributed by atoms with van der Waals surface area (Å²) in [4.78, 5) is 30.1. The molecule has 79 heavy (non-hydrogen) atoms. The van der Waals surface area contributed by atoms with Crippen molar-refractivity contribution in [1.29, 1.82) is 0 Å². The maximum Gasteiger partial charge on any atom is 1.00 e. The summed E-state index contributed by atoms with van der Waals surface area (Å²) in [5.74, 6) is -3.55. The molecule has 0 spiro atoms. The molecule has 0 fully saturated rings. The number of ether oxygens (including phenoxy) is 2. The number of hydrogen-bond acceptors (Lipinski definition) is 12. The Labute approximate surface area is 502 Å². The summed E-state index contributed by atoms with van der Waals surface area (Å²) in [5, 5.41) is 16.3. The predicted molar refractivity (Wildman–Crippen MR) is 290 cm³/mol. The molecule has 3 radical (unpaired) electrons. The monoisotopic (exact) mass is 1180 g/mol. The van der Waals surface area contributed by atoms with Gasteiger partial charge < -0.3 is 32.4 Å². The van der Waals surface area contributed by atoms with Crippen LogP contribution in [0.1, 0.15) is 24.0 Å². The van der Waals surface area contributed by atoms with Crippen LogP contribution < -0.4 is 52.5 Å². The van der Waals surface area contributed by atoms with Crippen molar-refractivity contribution in [2.24, 2.45) is 0 Å². The molecule has 0 amide bonds. The number of halogens is 5. The van der Waals surface area contributed by atoms with Gasteiger partial charge in [0.25, 0.3) is 0 Å². The van der Waals surface area contributed by atoms with Gasteiger partial charge in [0.15, 0.2) is 29.4 Å². The molecule has 0 heterocycles. The van der Waals surface area contributed by atoms with Crippen LogP contribution >= 0.6 is 24.1 Å². The molecule has 407 valence electrons. The second-order valence-electron chi connectivity index (χ2n) is 15.4. The Morgan fingerprint density at radius 1 is 0.392 bits per heavy atom. The van der Waals surface area contributed by atoms with Crippen LogP contribution in [0, 0.1) is 0 Å². The van der Waals surface area contributed by atoms with Gasteiger partial charge in [0.05, 0.1) is 35.0 Å². The molecule has 0 aliphatic rings. The zero-order valence-corrected chi connectivity index (χ0v) is 48.5. The Balaban J connectivity index is 0.000000356. The first kappa shape index (κ1) is 70.0. The van der Waals surface area contributed by atoms with E-state index in [0.29, 0.717) is 25.7 Å². The van der Waals surface area contributed by atoms with E-state index in [2.05, 4.69) is 210 Å². The average molecular weight is 1180 g/mol. The summed E-state index contributed by atoms with van der Waals surface area (Å²) in [6.07, 6.45) is 2.03. The van der Waals surface area contributed by atoms with Crippen molar-refractivity contribution in [2.45, 2.75) is 65.6 Å². The largest absolute Gasteiger partial charge is 1.00 e. The van der Waals surface area contributed by atoms with E-state index >= 15 is 0 Å². The predicted octanol–water partition coefficient (Wildman–Crippen LogP) is 6.45. The van der Waals surface area contributed by atoms with E-state index in [0.717, 1.165) is 11.1 Å². The average Bonchev–Trinajstić information content (AvgIpc) is 3.47. The molecule has 0 atom stereocenters. The van der Waals surface area contributed by atoms with Crippen LogP contribution in [-0.4, -0.2) is 44.1 Å². The number of rotatable bonds is 22. The number of aryl methyl sites for hydroxylation is 2. The van der Waals surface area contributed by atoms with Crippen molar-refractivity contribution in [3.63, 3.8) is 0 Å². The van der Waals surface area contributed by atoms with Crippen molar-refractivity contribution in [1.82, 2.24) is 0 Å². The van der Waals surface area contributed by atoms with E-state index in [1.165, 1.54) is 29.4 Å². The molecule has 0 bridgehead atoms. The van der Waals surface area contributed by atoms with Crippen molar-refractivity contribution in [3.8, 4) is 0 Å². The van der Waals surface area contributed by atoms with E-state index < -0.39 is 46.5 Å². The SMILES string of the molecule is O=C(OCCCc1ccccc1)C(F)(F)SOO[O-].O=C(OCCCc1ccccc1)C(F)(F)SOO[O-].[B].[Cl-].[Na+].c1ccc([S+](c2ccccc2)c2ccccc2)cc1.c1ccc([S+](c2ccccc2)c2ccccc2)cc1. The van der Waals surface area contributed by atoms with E-state index in [1.54, 1.807) is 0 Å². The summed E-state index contributed by atoms with van der Waals surface area (Å²) >= 11 is -1.40. The van der Waals surface area contributed by atoms with Crippen LogP contribution in [0.15, 0.2) is 272 Å². The van der Waals surface area contributed by atoms with Crippen LogP contribution in [0.2, 0.25) is 0 Å². The first-order chi connectivity index (χ1) is 37.0. The van der Waals surface area contributed by atoms with Crippen molar-refractivity contribution in [2.75, 3.05) is 13.2 Å². The van der Waals surface area contributed by atoms with E-state index in [1.807, 2.05) is 60.7 Å². The third kappa shape index (κ3) is 25.9. The second-order valence-corrected chi connectivity index (χ2v) is 21.1. The van der Waals surface area contributed by atoms with Crippen LogP contribution in [0.4, 0.5) is 17.6 Å². The number of carbonyl (C=O) groups excluding carboxylic acids is 2. The maximum atomic E-state index is 12.9. The molecule has 0 N–H and O–H groups in total. The van der Waals surface area contributed by atoms with E-state index in [9.17, 15) is 37.7 Å². The Kier molecular flexibility index (Phi) is 35.6. The number of esters is 2. The van der Waals surface area contributed by atoms with Gasteiger partial charge in [-0.05, 0) is 110 Å². The van der Waals surface area contributed by atoms with Gasteiger partial charge in [-0.3, -0.25) is 10.1 Å². The van der Waals surface area contributed by atoms with Crippen molar-refractivity contribution >= 4 is 66.2 Å². The van der Waals surface area contributed by atoms with Crippen molar-refractivity contribution in [3.05, 3.63) is 254 Å². The summed E-state index contributed by atoms with van der Waals surface area (Å²) in [5.41, 5.74) is 2.03. The molecule has 0 unspecified atom stereocenters. The zero-order chi connectivity index (χ0) is 54.1. The number of hydrogen-bond donors (Lipinski definition) is 0. The van der Waals surface area contributed by atoms with Crippen LogP contribution in [0.3, 0.4) is 0 Å². The van der Waals surface area contributed by atoms with Gasteiger partial charge in [0.1, 0.15) is 24.1 Å². The third-order valence-corrected chi connectivity index (χ3v) is 15.5. The number of alkyl halides is 4. The van der Waals surface area contributed by atoms with Gasteiger partial charge in [-0.25, -0.2) is 9.59 Å². The maximum absolute atomic E-state index is 12.9. The molecular weight excluding hydrogens is 1130 g/mol. The molecule has 21 heteroatoms. The van der Waals surface area contributed by atoms with Gasteiger partial charge >= 0.3 is 52.0 Å². The fourth-order valence-electron chi connectivity index (χ4n) is 6.68. The molecule has 0 saturated carbocycles. The fraction of sp³-hybridized carbons (Fsp3) is 0.138. The van der Waals surface area contributed by atoms with Crippen LogP contribution in [0.5, 0.6) is 0 Å². The number of carbonyl (C=O) groups is 2. The van der Waals surface area contributed by atoms with Gasteiger partial charge in [0.2, 0.25) is 0 Å². The Morgan fingerprint density at radius 3 is 0.797 bits per heavy atom. The van der Waals surface area contributed by atoms with Gasteiger partial charge in [-0.15, -0.1) is 0 Å². The molecule has 8 rings (SSSR count). The molecule has 8 aromatic rings. The third-order valence-electron chi connectivity index (χ3n) is 10.1. The second kappa shape index (κ2) is 40.2. The molecule has 0 saturated heterocycles. The van der Waals surface area contributed by atoms with E-state index in [-0.39, 0.29) is 85.4 Å².